The van der Waals surface area contributed by atoms with E-state index in [0.29, 0.717) is 12.1 Å². The fourth-order valence-electron chi connectivity index (χ4n) is 1.90. The molecule has 8 heteroatoms. The standard InChI is InChI=1S/C13H15F2N3O2S/c1-2-18-8-7-16-13(18)21(19,20)17-12(9-14)10-3-5-11(15)6-4-10/h3-8,12,17H,2,9H2,1H3. The number of benzene rings is 1. The lowest BCUT2D eigenvalue weighted by atomic mass is 10.1. The number of imidazole rings is 1. The maximum absolute atomic E-state index is 13.2. The minimum Gasteiger partial charge on any atom is -0.321 e. The Labute approximate surface area is 121 Å². The molecular weight excluding hydrogens is 300 g/mol. The van der Waals surface area contributed by atoms with Crippen LogP contribution < -0.4 is 4.72 Å². The third-order valence-electron chi connectivity index (χ3n) is 2.98. The Balaban J connectivity index is 2.27. The predicted octanol–water partition coefficient (Wildman–Crippen LogP) is 2.03. The summed E-state index contributed by atoms with van der Waals surface area (Å²) >= 11 is 0. The summed E-state index contributed by atoms with van der Waals surface area (Å²) < 4.78 is 54.2. The zero-order chi connectivity index (χ0) is 15.5. The fraction of sp³-hybridized carbons (Fsp3) is 0.308. The van der Waals surface area contributed by atoms with E-state index < -0.39 is 28.6 Å². The molecule has 1 aromatic carbocycles. The van der Waals surface area contributed by atoms with Crippen molar-refractivity contribution < 1.29 is 17.2 Å². The summed E-state index contributed by atoms with van der Waals surface area (Å²) in [6, 6.07) is 3.90. The van der Waals surface area contributed by atoms with E-state index in [2.05, 4.69) is 9.71 Å². The van der Waals surface area contributed by atoms with Crippen molar-refractivity contribution in [3.63, 3.8) is 0 Å². The van der Waals surface area contributed by atoms with Crippen LogP contribution in [-0.2, 0) is 16.6 Å². The van der Waals surface area contributed by atoms with Gasteiger partial charge in [0.05, 0.1) is 6.04 Å². The monoisotopic (exact) mass is 315 g/mol. The van der Waals surface area contributed by atoms with E-state index in [1.54, 1.807) is 6.92 Å². The number of halogens is 2. The Hall–Kier alpha value is -1.80. The van der Waals surface area contributed by atoms with Gasteiger partial charge in [0.1, 0.15) is 12.5 Å². The normalized spacial score (nSPS) is 13.3. The van der Waals surface area contributed by atoms with E-state index >= 15 is 0 Å². The summed E-state index contributed by atoms with van der Waals surface area (Å²) in [6.45, 7) is 1.25. The number of alkyl halides is 1. The lowest BCUT2D eigenvalue weighted by molar-refractivity contribution is 0.411. The first-order valence-electron chi connectivity index (χ1n) is 6.33. The molecule has 0 aliphatic rings. The topological polar surface area (TPSA) is 64.0 Å². The molecule has 2 aromatic rings. The molecule has 114 valence electrons. The van der Waals surface area contributed by atoms with Crippen LogP contribution in [0.25, 0.3) is 0 Å². The van der Waals surface area contributed by atoms with E-state index in [9.17, 15) is 17.2 Å². The van der Waals surface area contributed by atoms with Crippen LogP contribution in [-0.4, -0.2) is 24.6 Å². The molecule has 5 nitrogen and oxygen atoms in total. The van der Waals surface area contributed by atoms with Crippen molar-refractivity contribution in [1.82, 2.24) is 14.3 Å². The molecule has 1 N–H and O–H groups in total. The fourth-order valence-corrected chi connectivity index (χ4v) is 3.28. The number of rotatable bonds is 6. The Kier molecular flexibility index (Phi) is 4.69. The Bertz CT molecular complexity index is 698. The summed E-state index contributed by atoms with van der Waals surface area (Å²) in [5, 5.41) is -0.175. The number of aryl methyl sites for hydroxylation is 1. The highest BCUT2D eigenvalue weighted by atomic mass is 32.2. The second-order valence-electron chi connectivity index (χ2n) is 4.38. The van der Waals surface area contributed by atoms with Gasteiger partial charge in [0, 0.05) is 18.9 Å². The van der Waals surface area contributed by atoms with E-state index in [1.165, 1.54) is 29.1 Å². The first-order chi connectivity index (χ1) is 9.97. The third kappa shape index (κ3) is 3.45. The van der Waals surface area contributed by atoms with Gasteiger partial charge in [-0.25, -0.2) is 22.2 Å². The van der Waals surface area contributed by atoms with Crippen LogP contribution in [0.4, 0.5) is 8.78 Å². The average molecular weight is 315 g/mol. The Morgan fingerprint density at radius 2 is 2.00 bits per heavy atom. The summed E-state index contributed by atoms with van der Waals surface area (Å²) in [6.07, 6.45) is 2.89. The lowest BCUT2D eigenvalue weighted by Crippen LogP contribution is -2.31. The maximum Gasteiger partial charge on any atom is 0.275 e. The van der Waals surface area contributed by atoms with Gasteiger partial charge in [-0.05, 0) is 24.6 Å². The molecule has 1 heterocycles. The lowest BCUT2D eigenvalue weighted by Gasteiger charge is -2.16. The second kappa shape index (κ2) is 6.31. The van der Waals surface area contributed by atoms with Gasteiger partial charge >= 0.3 is 0 Å². The van der Waals surface area contributed by atoms with E-state index in [0.717, 1.165) is 12.1 Å². The molecule has 0 bridgehead atoms. The van der Waals surface area contributed by atoms with Crippen molar-refractivity contribution in [2.24, 2.45) is 0 Å². The molecule has 2 rings (SSSR count). The zero-order valence-electron chi connectivity index (χ0n) is 11.3. The summed E-state index contributed by atoms with van der Waals surface area (Å²) in [5.41, 5.74) is 0.345. The molecule has 1 atom stereocenters. The molecule has 0 spiro atoms. The third-order valence-corrected chi connectivity index (χ3v) is 4.40. The summed E-state index contributed by atoms with van der Waals surface area (Å²) in [5.74, 6) is -0.472. The van der Waals surface area contributed by atoms with Crippen LogP contribution in [0.3, 0.4) is 0 Å². The minimum atomic E-state index is -3.96. The van der Waals surface area contributed by atoms with Gasteiger partial charge in [-0.2, -0.15) is 4.72 Å². The molecule has 0 saturated heterocycles. The van der Waals surface area contributed by atoms with E-state index in [-0.39, 0.29) is 5.16 Å². The number of nitrogens with zero attached hydrogens (tertiary/aromatic N) is 2. The van der Waals surface area contributed by atoms with Crippen molar-refractivity contribution in [3.05, 3.63) is 48.0 Å². The second-order valence-corrected chi connectivity index (χ2v) is 5.98. The molecule has 0 radical (unpaired) electrons. The average Bonchev–Trinajstić information content (AvgIpc) is 2.95. The van der Waals surface area contributed by atoms with E-state index in [4.69, 9.17) is 0 Å². The van der Waals surface area contributed by atoms with Crippen molar-refractivity contribution in [2.75, 3.05) is 6.67 Å². The van der Waals surface area contributed by atoms with Crippen LogP contribution in [0.5, 0.6) is 0 Å². The Morgan fingerprint density at radius 1 is 1.33 bits per heavy atom. The maximum atomic E-state index is 13.2. The Morgan fingerprint density at radius 3 is 2.57 bits per heavy atom. The minimum absolute atomic E-state index is 0.175. The highest BCUT2D eigenvalue weighted by molar-refractivity contribution is 7.89. The summed E-state index contributed by atoms with van der Waals surface area (Å²) in [4.78, 5) is 3.78. The molecule has 21 heavy (non-hydrogen) atoms. The van der Waals surface area contributed by atoms with Gasteiger partial charge in [-0.1, -0.05) is 12.1 Å². The highest BCUT2D eigenvalue weighted by Crippen LogP contribution is 2.18. The van der Waals surface area contributed by atoms with Crippen molar-refractivity contribution in [1.29, 1.82) is 0 Å². The molecule has 0 saturated carbocycles. The van der Waals surface area contributed by atoms with Crippen molar-refractivity contribution in [2.45, 2.75) is 24.7 Å². The van der Waals surface area contributed by atoms with Crippen molar-refractivity contribution in [3.8, 4) is 0 Å². The van der Waals surface area contributed by atoms with Crippen LogP contribution in [0.1, 0.15) is 18.5 Å². The number of hydrogen-bond acceptors (Lipinski definition) is 3. The van der Waals surface area contributed by atoms with Crippen LogP contribution in [0.15, 0.2) is 41.8 Å². The molecule has 0 amide bonds. The van der Waals surface area contributed by atoms with Crippen LogP contribution >= 0.6 is 0 Å². The van der Waals surface area contributed by atoms with Gasteiger partial charge < -0.3 is 4.57 Å². The summed E-state index contributed by atoms with van der Waals surface area (Å²) in [7, 11) is -3.96. The first kappa shape index (κ1) is 15.6. The number of aromatic nitrogens is 2. The number of nitrogens with one attached hydrogen (secondary N) is 1. The number of sulfonamides is 1. The first-order valence-corrected chi connectivity index (χ1v) is 7.81. The SMILES string of the molecule is CCn1ccnc1S(=O)(=O)NC(CF)c1ccc(F)cc1. The van der Waals surface area contributed by atoms with E-state index in [1.807, 2.05) is 0 Å². The van der Waals surface area contributed by atoms with Crippen LogP contribution in [0.2, 0.25) is 0 Å². The van der Waals surface area contributed by atoms with Gasteiger partial charge in [0.25, 0.3) is 10.0 Å². The predicted molar refractivity (Wildman–Crippen MR) is 73.3 cm³/mol. The molecule has 0 fully saturated rings. The molecule has 0 aliphatic heterocycles. The zero-order valence-corrected chi connectivity index (χ0v) is 12.1. The largest absolute Gasteiger partial charge is 0.321 e. The van der Waals surface area contributed by atoms with Gasteiger partial charge in [-0.3, -0.25) is 0 Å². The highest BCUT2D eigenvalue weighted by Gasteiger charge is 2.25. The molecular formula is C13H15F2N3O2S. The molecule has 0 aliphatic carbocycles. The smallest absolute Gasteiger partial charge is 0.275 e. The molecule has 1 aromatic heterocycles. The van der Waals surface area contributed by atoms with Crippen LogP contribution in [0, 0.1) is 5.82 Å². The van der Waals surface area contributed by atoms with Crippen molar-refractivity contribution >= 4 is 10.0 Å². The molecule has 1 unspecified atom stereocenters. The quantitative estimate of drug-likeness (QED) is 0.887. The van der Waals surface area contributed by atoms with Gasteiger partial charge in [0.15, 0.2) is 0 Å². The van der Waals surface area contributed by atoms with Gasteiger partial charge in [-0.15, -0.1) is 0 Å². The number of hydrogen-bond donors (Lipinski definition) is 1. The van der Waals surface area contributed by atoms with Gasteiger partial charge in [0.2, 0.25) is 5.16 Å².